The first kappa shape index (κ1) is 27.1. The third-order valence-corrected chi connectivity index (χ3v) is 5.92. The SMILES string of the molecule is C.[CH2-]CN(C[CH2-])c1ccc(Nc2nc(-c3ccc4c(c3)CNCCO4)cn3ccnc23)cc1C.[Y]. The van der Waals surface area contributed by atoms with Gasteiger partial charge in [-0.15, -0.1) is 13.1 Å². The Morgan fingerprint density at radius 2 is 2.00 bits per heavy atom. The molecule has 0 spiro atoms. The summed E-state index contributed by atoms with van der Waals surface area (Å²) in [7, 11) is 0. The number of aromatic nitrogens is 3. The van der Waals surface area contributed by atoms with E-state index in [-0.39, 0.29) is 40.1 Å². The average molecular weight is 546 g/mol. The molecule has 1 aliphatic heterocycles. The van der Waals surface area contributed by atoms with Gasteiger partial charge in [-0.1, -0.05) is 7.43 Å². The van der Waals surface area contributed by atoms with Crippen LogP contribution in [0.3, 0.4) is 0 Å². The normalized spacial score (nSPS) is 12.5. The predicted octanol–water partition coefficient (Wildman–Crippen LogP) is 5.04. The van der Waals surface area contributed by atoms with E-state index in [1.165, 1.54) is 0 Å². The molecule has 181 valence electrons. The van der Waals surface area contributed by atoms with Gasteiger partial charge in [-0.3, -0.25) is 0 Å². The number of rotatable bonds is 6. The van der Waals surface area contributed by atoms with Crippen molar-refractivity contribution in [1.29, 1.82) is 0 Å². The van der Waals surface area contributed by atoms with Crippen LogP contribution in [0.4, 0.5) is 17.2 Å². The molecule has 0 saturated heterocycles. The fraction of sp³-hybridized carbons (Fsp3) is 0.259. The van der Waals surface area contributed by atoms with Gasteiger partial charge in [0.2, 0.25) is 0 Å². The minimum Gasteiger partial charge on any atom is -0.492 e. The molecular formula is C27H32N6OY-2. The van der Waals surface area contributed by atoms with E-state index in [9.17, 15) is 0 Å². The van der Waals surface area contributed by atoms with Gasteiger partial charge in [0.15, 0.2) is 11.5 Å². The van der Waals surface area contributed by atoms with Gasteiger partial charge >= 0.3 is 0 Å². The molecule has 1 aliphatic rings. The first-order valence-electron chi connectivity index (χ1n) is 11.2. The number of nitrogens with one attached hydrogen (secondary N) is 2. The topological polar surface area (TPSA) is 66.7 Å². The molecule has 3 heterocycles. The van der Waals surface area contributed by atoms with Crippen molar-refractivity contribution >= 4 is 22.8 Å². The maximum Gasteiger partial charge on any atom is 0.180 e. The van der Waals surface area contributed by atoms with Crippen molar-refractivity contribution in [1.82, 2.24) is 19.7 Å². The number of aryl methyl sites for hydroxylation is 1. The summed E-state index contributed by atoms with van der Waals surface area (Å²) in [5, 5.41) is 6.87. The number of imidazole rings is 1. The fourth-order valence-electron chi connectivity index (χ4n) is 4.21. The molecule has 0 bridgehead atoms. The Balaban J connectivity index is 0.00000171. The summed E-state index contributed by atoms with van der Waals surface area (Å²) in [5.74, 6) is 1.64. The maximum absolute atomic E-state index is 5.83. The quantitative estimate of drug-likeness (QED) is 0.331. The molecule has 0 atom stereocenters. The number of ether oxygens (including phenoxy) is 1. The van der Waals surface area contributed by atoms with Crippen molar-refractivity contribution in [2.45, 2.75) is 20.9 Å². The van der Waals surface area contributed by atoms with Gasteiger partial charge in [0, 0.05) is 86.9 Å². The van der Waals surface area contributed by atoms with E-state index in [0.717, 1.165) is 58.2 Å². The van der Waals surface area contributed by atoms with Crippen LogP contribution in [0, 0.1) is 20.8 Å². The maximum atomic E-state index is 5.83. The predicted molar refractivity (Wildman–Crippen MR) is 140 cm³/mol. The third kappa shape index (κ3) is 5.68. The largest absolute Gasteiger partial charge is 0.492 e. The van der Waals surface area contributed by atoms with Gasteiger partial charge in [-0.05, 0) is 48.9 Å². The standard InChI is InChI=1S/C26H28N6O.CH4.Y/c1-4-31(5-2)23-8-7-21(14-18(23)3)29-25-26-28-10-12-32(26)17-22(30-25)19-6-9-24-20(15-19)16-27-11-13-33-24;;/h6-10,12,14-15,17,27H,1-2,4-5,11,13,16H2,3H3,(H,29,30);1H4;/q-2;;. The smallest absolute Gasteiger partial charge is 0.180 e. The Morgan fingerprint density at radius 1 is 1.17 bits per heavy atom. The Morgan fingerprint density at radius 3 is 2.77 bits per heavy atom. The summed E-state index contributed by atoms with van der Waals surface area (Å²) in [5.41, 5.74) is 7.06. The summed E-state index contributed by atoms with van der Waals surface area (Å²) in [4.78, 5) is 11.6. The molecule has 2 N–H and O–H groups in total. The second-order valence-corrected chi connectivity index (χ2v) is 8.09. The van der Waals surface area contributed by atoms with Crippen LogP contribution in [-0.4, -0.2) is 40.6 Å². The van der Waals surface area contributed by atoms with Crippen LogP contribution >= 0.6 is 0 Å². The molecule has 0 aliphatic carbocycles. The number of anilines is 3. The van der Waals surface area contributed by atoms with Gasteiger partial charge < -0.3 is 38.5 Å². The summed E-state index contributed by atoms with van der Waals surface area (Å²) < 4.78 is 7.83. The Hall–Kier alpha value is -2.48. The van der Waals surface area contributed by atoms with E-state index in [0.29, 0.717) is 25.5 Å². The van der Waals surface area contributed by atoms with E-state index in [1.807, 2.05) is 22.9 Å². The second-order valence-electron chi connectivity index (χ2n) is 8.09. The van der Waals surface area contributed by atoms with E-state index in [1.54, 1.807) is 6.20 Å². The molecular weight excluding hydrogens is 513 g/mol. The Labute approximate surface area is 233 Å². The summed E-state index contributed by atoms with van der Waals surface area (Å²) in [6.45, 7) is 13.8. The van der Waals surface area contributed by atoms with Crippen LogP contribution in [0.2, 0.25) is 0 Å². The van der Waals surface area contributed by atoms with Crippen molar-refractivity contribution in [2.75, 3.05) is 36.5 Å². The molecule has 7 nitrogen and oxygen atoms in total. The first-order valence-corrected chi connectivity index (χ1v) is 11.2. The Kier molecular flexibility index (Phi) is 9.28. The van der Waals surface area contributed by atoms with Crippen LogP contribution < -0.4 is 20.3 Å². The van der Waals surface area contributed by atoms with Gasteiger partial charge in [-0.2, -0.15) is 0 Å². The van der Waals surface area contributed by atoms with Gasteiger partial charge in [-0.25, -0.2) is 9.97 Å². The van der Waals surface area contributed by atoms with Crippen molar-refractivity contribution < 1.29 is 37.4 Å². The molecule has 0 unspecified atom stereocenters. The van der Waals surface area contributed by atoms with Crippen LogP contribution in [0.25, 0.3) is 16.9 Å². The molecule has 0 fully saturated rings. The van der Waals surface area contributed by atoms with E-state index in [4.69, 9.17) is 9.72 Å². The number of nitrogens with zero attached hydrogens (tertiary/aromatic N) is 4. The number of benzene rings is 2. The van der Waals surface area contributed by atoms with E-state index >= 15 is 0 Å². The van der Waals surface area contributed by atoms with Gasteiger partial charge in [0.25, 0.3) is 0 Å². The van der Waals surface area contributed by atoms with Gasteiger partial charge in [0.1, 0.15) is 12.4 Å². The second kappa shape index (κ2) is 12.0. The molecule has 8 heteroatoms. The summed E-state index contributed by atoms with van der Waals surface area (Å²) in [6.07, 6.45) is 5.74. The molecule has 35 heavy (non-hydrogen) atoms. The number of hydrogen-bond donors (Lipinski definition) is 2. The molecule has 1 radical (unpaired) electrons. The monoisotopic (exact) mass is 545 g/mol. The van der Waals surface area contributed by atoms with E-state index < -0.39 is 0 Å². The molecule has 0 saturated carbocycles. The fourth-order valence-corrected chi connectivity index (χ4v) is 4.21. The minimum absolute atomic E-state index is 0. The van der Waals surface area contributed by atoms with Gasteiger partial charge in [0.05, 0.1) is 5.69 Å². The van der Waals surface area contributed by atoms with Crippen LogP contribution in [0.15, 0.2) is 55.0 Å². The first-order chi connectivity index (χ1) is 16.2. The average Bonchev–Trinajstić information content (AvgIpc) is 3.18. The van der Waals surface area contributed by atoms with Crippen molar-refractivity contribution in [3.63, 3.8) is 0 Å². The van der Waals surface area contributed by atoms with Crippen LogP contribution in [0.5, 0.6) is 5.75 Å². The molecule has 2 aromatic carbocycles. The zero-order valence-corrected chi connectivity index (χ0v) is 22.3. The van der Waals surface area contributed by atoms with Crippen molar-refractivity contribution in [3.05, 3.63) is 80.0 Å². The molecule has 4 aromatic rings. The third-order valence-electron chi connectivity index (χ3n) is 5.92. The Bertz CT molecular complexity index is 1280. The summed E-state index contributed by atoms with van der Waals surface area (Å²) in [6, 6.07) is 12.5. The molecule has 0 amide bonds. The number of hydrogen-bond acceptors (Lipinski definition) is 6. The molecule has 5 rings (SSSR count). The van der Waals surface area contributed by atoms with Crippen molar-refractivity contribution in [2.24, 2.45) is 0 Å². The van der Waals surface area contributed by atoms with E-state index in [2.05, 4.69) is 71.6 Å². The molecule has 2 aromatic heterocycles. The zero-order chi connectivity index (χ0) is 22.8. The van der Waals surface area contributed by atoms with Crippen LogP contribution in [-0.2, 0) is 39.3 Å². The minimum atomic E-state index is 0. The summed E-state index contributed by atoms with van der Waals surface area (Å²) >= 11 is 0. The zero-order valence-electron chi connectivity index (χ0n) is 19.4. The van der Waals surface area contributed by atoms with Crippen LogP contribution in [0.1, 0.15) is 18.6 Å². The number of fused-ring (bicyclic) bond motifs is 2. The van der Waals surface area contributed by atoms with Crippen molar-refractivity contribution in [3.8, 4) is 17.0 Å².